The second kappa shape index (κ2) is 6.25. The van der Waals surface area contributed by atoms with E-state index in [0.29, 0.717) is 5.75 Å². The SMILES string of the molecule is CN(C)c1ccc(CNCc2cccc(O)c2)cc1. The summed E-state index contributed by atoms with van der Waals surface area (Å²) in [7, 11) is 4.07. The molecular weight excluding hydrogens is 236 g/mol. The van der Waals surface area contributed by atoms with Crippen LogP contribution in [0.4, 0.5) is 5.69 Å². The third-order valence-electron chi connectivity index (χ3n) is 3.02. The Morgan fingerprint density at radius 1 is 0.947 bits per heavy atom. The molecule has 2 rings (SSSR count). The number of nitrogens with zero attached hydrogens (tertiary/aromatic N) is 1. The first-order valence-electron chi connectivity index (χ1n) is 6.40. The predicted octanol–water partition coefficient (Wildman–Crippen LogP) is 2.75. The molecule has 0 heterocycles. The first-order valence-corrected chi connectivity index (χ1v) is 6.40. The van der Waals surface area contributed by atoms with Gasteiger partial charge in [-0.2, -0.15) is 0 Å². The van der Waals surface area contributed by atoms with Crippen LogP contribution in [0, 0.1) is 0 Å². The molecule has 2 aromatic rings. The second-order valence-electron chi connectivity index (χ2n) is 4.83. The molecular formula is C16H20N2O. The monoisotopic (exact) mass is 256 g/mol. The summed E-state index contributed by atoms with van der Waals surface area (Å²) in [6.45, 7) is 1.58. The number of phenols is 1. The van der Waals surface area contributed by atoms with Gasteiger partial charge in [-0.3, -0.25) is 0 Å². The quantitative estimate of drug-likeness (QED) is 0.863. The maximum Gasteiger partial charge on any atom is 0.115 e. The molecule has 2 N–H and O–H groups in total. The zero-order valence-electron chi connectivity index (χ0n) is 11.4. The molecule has 0 bridgehead atoms. The molecule has 19 heavy (non-hydrogen) atoms. The van der Waals surface area contributed by atoms with E-state index in [1.165, 1.54) is 11.3 Å². The van der Waals surface area contributed by atoms with Gasteiger partial charge in [-0.1, -0.05) is 24.3 Å². The van der Waals surface area contributed by atoms with Crippen molar-refractivity contribution >= 4 is 5.69 Å². The van der Waals surface area contributed by atoms with Gasteiger partial charge in [-0.15, -0.1) is 0 Å². The van der Waals surface area contributed by atoms with Crippen LogP contribution in [-0.4, -0.2) is 19.2 Å². The zero-order valence-corrected chi connectivity index (χ0v) is 11.4. The van der Waals surface area contributed by atoms with Crippen LogP contribution >= 0.6 is 0 Å². The Morgan fingerprint density at radius 3 is 2.26 bits per heavy atom. The van der Waals surface area contributed by atoms with Crippen LogP contribution in [-0.2, 0) is 13.1 Å². The minimum absolute atomic E-state index is 0.314. The van der Waals surface area contributed by atoms with Crippen LogP contribution in [0.25, 0.3) is 0 Å². The standard InChI is InChI=1S/C16H20N2O/c1-18(2)15-8-6-13(7-9-15)11-17-12-14-4-3-5-16(19)10-14/h3-10,17,19H,11-12H2,1-2H3. The molecule has 0 saturated carbocycles. The molecule has 0 aliphatic heterocycles. The Labute approximate surface area is 114 Å². The van der Waals surface area contributed by atoms with E-state index in [1.54, 1.807) is 12.1 Å². The predicted molar refractivity (Wildman–Crippen MR) is 79.4 cm³/mol. The summed E-state index contributed by atoms with van der Waals surface area (Å²) in [5, 5.41) is 12.7. The first-order chi connectivity index (χ1) is 9.15. The van der Waals surface area contributed by atoms with Gasteiger partial charge in [-0.25, -0.2) is 0 Å². The maximum atomic E-state index is 9.38. The lowest BCUT2D eigenvalue weighted by Gasteiger charge is -2.13. The zero-order chi connectivity index (χ0) is 13.7. The average Bonchev–Trinajstić information content (AvgIpc) is 2.39. The number of hydrogen-bond donors (Lipinski definition) is 2. The van der Waals surface area contributed by atoms with Crippen molar-refractivity contribution in [1.29, 1.82) is 0 Å². The molecule has 0 atom stereocenters. The highest BCUT2D eigenvalue weighted by Gasteiger charge is 1.97. The van der Waals surface area contributed by atoms with Gasteiger partial charge in [0.05, 0.1) is 0 Å². The summed E-state index contributed by atoms with van der Waals surface area (Å²) in [5.41, 5.74) is 3.55. The van der Waals surface area contributed by atoms with Gasteiger partial charge >= 0.3 is 0 Å². The molecule has 0 fully saturated rings. The van der Waals surface area contributed by atoms with Crippen molar-refractivity contribution in [3.8, 4) is 5.75 Å². The summed E-state index contributed by atoms with van der Waals surface area (Å²) in [5.74, 6) is 0.314. The van der Waals surface area contributed by atoms with Crippen LogP contribution < -0.4 is 10.2 Å². The first kappa shape index (κ1) is 13.4. The van der Waals surface area contributed by atoms with E-state index in [2.05, 4.69) is 34.5 Å². The molecule has 0 radical (unpaired) electrons. The molecule has 0 unspecified atom stereocenters. The minimum atomic E-state index is 0.314. The highest BCUT2D eigenvalue weighted by atomic mass is 16.3. The topological polar surface area (TPSA) is 35.5 Å². The molecule has 0 aliphatic carbocycles. The number of anilines is 1. The van der Waals surface area contributed by atoms with Crippen molar-refractivity contribution in [2.24, 2.45) is 0 Å². The Kier molecular flexibility index (Phi) is 4.42. The summed E-state index contributed by atoms with van der Waals surface area (Å²) in [6.07, 6.45) is 0. The van der Waals surface area contributed by atoms with E-state index in [-0.39, 0.29) is 0 Å². The van der Waals surface area contributed by atoms with Crippen LogP contribution in [0.15, 0.2) is 48.5 Å². The van der Waals surface area contributed by atoms with Gasteiger partial charge in [-0.05, 0) is 35.4 Å². The van der Waals surface area contributed by atoms with Crippen molar-refractivity contribution < 1.29 is 5.11 Å². The molecule has 0 aliphatic rings. The third-order valence-corrected chi connectivity index (χ3v) is 3.02. The molecule has 0 aromatic heterocycles. The largest absolute Gasteiger partial charge is 0.508 e. The summed E-state index contributed by atoms with van der Waals surface area (Å²) in [6, 6.07) is 15.8. The molecule has 3 heteroatoms. The minimum Gasteiger partial charge on any atom is -0.508 e. The molecule has 0 saturated heterocycles. The van der Waals surface area contributed by atoms with Gasteiger partial charge in [0.2, 0.25) is 0 Å². The number of hydrogen-bond acceptors (Lipinski definition) is 3. The number of benzene rings is 2. The van der Waals surface area contributed by atoms with Crippen molar-refractivity contribution in [1.82, 2.24) is 5.32 Å². The lowest BCUT2D eigenvalue weighted by Crippen LogP contribution is -2.13. The van der Waals surface area contributed by atoms with Crippen LogP contribution in [0.1, 0.15) is 11.1 Å². The van der Waals surface area contributed by atoms with Crippen LogP contribution in [0.2, 0.25) is 0 Å². The Bertz CT molecular complexity index is 521. The fraction of sp³-hybridized carbons (Fsp3) is 0.250. The molecule has 2 aromatic carbocycles. The van der Waals surface area contributed by atoms with E-state index in [4.69, 9.17) is 0 Å². The lowest BCUT2D eigenvalue weighted by molar-refractivity contribution is 0.474. The molecule has 0 amide bonds. The van der Waals surface area contributed by atoms with E-state index in [9.17, 15) is 5.11 Å². The smallest absolute Gasteiger partial charge is 0.115 e. The molecule has 3 nitrogen and oxygen atoms in total. The van der Waals surface area contributed by atoms with Gasteiger partial charge < -0.3 is 15.3 Å². The molecule has 0 spiro atoms. The van der Waals surface area contributed by atoms with E-state index in [0.717, 1.165) is 18.7 Å². The van der Waals surface area contributed by atoms with Crippen LogP contribution in [0.3, 0.4) is 0 Å². The van der Waals surface area contributed by atoms with Gasteiger partial charge in [0.25, 0.3) is 0 Å². The van der Waals surface area contributed by atoms with E-state index < -0.39 is 0 Å². The number of aromatic hydroxyl groups is 1. The van der Waals surface area contributed by atoms with E-state index >= 15 is 0 Å². The van der Waals surface area contributed by atoms with Gasteiger partial charge in [0, 0.05) is 32.9 Å². The fourth-order valence-corrected chi connectivity index (χ4v) is 1.93. The Hall–Kier alpha value is -2.00. The molecule has 100 valence electrons. The van der Waals surface area contributed by atoms with Crippen LogP contribution in [0.5, 0.6) is 5.75 Å². The van der Waals surface area contributed by atoms with Gasteiger partial charge in [0.1, 0.15) is 5.75 Å². The Balaban J connectivity index is 1.85. The Morgan fingerprint density at radius 2 is 1.63 bits per heavy atom. The van der Waals surface area contributed by atoms with Crippen molar-refractivity contribution in [3.05, 3.63) is 59.7 Å². The van der Waals surface area contributed by atoms with Gasteiger partial charge in [0.15, 0.2) is 0 Å². The summed E-state index contributed by atoms with van der Waals surface area (Å²) >= 11 is 0. The number of phenolic OH excluding ortho intramolecular Hbond substituents is 1. The van der Waals surface area contributed by atoms with Crippen molar-refractivity contribution in [3.63, 3.8) is 0 Å². The maximum absolute atomic E-state index is 9.38. The summed E-state index contributed by atoms with van der Waals surface area (Å²) < 4.78 is 0. The fourth-order valence-electron chi connectivity index (χ4n) is 1.93. The number of rotatable bonds is 5. The normalized spacial score (nSPS) is 10.4. The highest BCUT2D eigenvalue weighted by molar-refractivity contribution is 5.45. The van der Waals surface area contributed by atoms with Crippen molar-refractivity contribution in [2.45, 2.75) is 13.1 Å². The summed E-state index contributed by atoms with van der Waals surface area (Å²) in [4.78, 5) is 2.09. The second-order valence-corrected chi connectivity index (χ2v) is 4.83. The number of nitrogens with one attached hydrogen (secondary N) is 1. The van der Waals surface area contributed by atoms with Crippen molar-refractivity contribution in [2.75, 3.05) is 19.0 Å². The third kappa shape index (κ3) is 4.00. The highest BCUT2D eigenvalue weighted by Crippen LogP contribution is 2.13. The average molecular weight is 256 g/mol. The van der Waals surface area contributed by atoms with E-state index in [1.807, 2.05) is 26.2 Å². The lowest BCUT2D eigenvalue weighted by atomic mass is 10.2.